The summed E-state index contributed by atoms with van der Waals surface area (Å²) >= 11 is 0. The number of amides is 1. The van der Waals surface area contributed by atoms with Gasteiger partial charge in [0.15, 0.2) is 0 Å². The highest BCUT2D eigenvalue weighted by molar-refractivity contribution is 6.27. The fraction of sp³-hybridized carbons (Fsp3) is 0.444. The Morgan fingerprint density at radius 1 is 0.800 bits per heavy atom. The largest absolute Gasteiger partial charge is 0.489 e. The van der Waals surface area contributed by atoms with Gasteiger partial charge < -0.3 is 19.8 Å². The summed E-state index contributed by atoms with van der Waals surface area (Å²) in [5.74, 6) is -2.10. The number of carbonyl (C=O) groups is 3. The maximum Gasteiger partial charge on any atom is 0.414 e. The quantitative estimate of drug-likeness (QED) is 0.605. The Morgan fingerprint density at radius 2 is 1.43 bits per heavy atom. The van der Waals surface area contributed by atoms with Crippen molar-refractivity contribution in [1.29, 1.82) is 0 Å². The molecule has 2 heterocycles. The van der Waals surface area contributed by atoms with Gasteiger partial charge in [0.05, 0.1) is 0 Å². The number of ether oxygens (including phenoxy) is 1. The van der Waals surface area contributed by atoms with Crippen LogP contribution in [0.4, 0.5) is 0 Å². The van der Waals surface area contributed by atoms with Gasteiger partial charge in [0.1, 0.15) is 12.4 Å². The van der Waals surface area contributed by atoms with Gasteiger partial charge in [-0.05, 0) is 68.5 Å². The van der Waals surface area contributed by atoms with Crippen molar-refractivity contribution in [3.63, 3.8) is 0 Å². The molecule has 2 aromatic carbocycles. The van der Waals surface area contributed by atoms with Crippen LogP contribution in [0.5, 0.6) is 5.75 Å². The van der Waals surface area contributed by atoms with Crippen molar-refractivity contribution in [2.45, 2.75) is 45.3 Å². The molecule has 188 valence electrons. The van der Waals surface area contributed by atoms with Crippen LogP contribution in [0.1, 0.15) is 43.2 Å². The first-order valence-electron chi connectivity index (χ1n) is 12.2. The monoisotopic (exact) mass is 482 g/mol. The number of benzene rings is 2. The zero-order valence-corrected chi connectivity index (χ0v) is 20.0. The second kappa shape index (κ2) is 13.5. The zero-order chi connectivity index (χ0) is 25.0. The lowest BCUT2D eigenvalue weighted by Crippen LogP contribution is -2.44. The van der Waals surface area contributed by atoms with E-state index in [1.807, 2.05) is 24.3 Å². The normalized spacial score (nSPS) is 16.6. The molecule has 0 atom stereocenters. The Balaban J connectivity index is 0.000000509. The molecule has 0 unspecified atom stereocenters. The molecule has 2 aliphatic rings. The molecule has 2 fully saturated rings. The summed E-state index contributed by atoms with van der Waals surface area (Å²) in [4.78, 5) is 35.5. The van der Waals surface area contributed by atoms with Gasteiger partial charge in [-0.15, -0.1) is 0 Å². The average molecular weight is 483 g/mol. The van der Waals surface area contributed by atoms with E-state index in [0.29, 0.717) is 12.5 Å². The van der Waals surface area contributed by atoms with Gasteiger partial charge in [-0.25, -0.2) is 9.59 Å². The van der Waals surface area contributed by atoms with E-state index in [4.69, 9.17) is 24.5 Å². The van der Waals surface area contributed by atoms with E-state index in [0.717, 1.165) is 51.3 Å². The van der Waals surface area contributed by atoms with E-state index in [9.17, 15) is 4.79 Å². The summed E-state index contributed by atoms with van der Waals surface area (Å²) in [5, 5.41) is 14.8. The molecule has 0 aliphatic carbocycles. The van der Waals surface area contributed by atoms with Crippen molar-refractivity contribution in [1.82, 2.24) is 9.80 Å². The van der Waals surface area contributed by atoms with Gasteiger partial charge in [-0.2, -0.15) is 0 Å². The minimum absolute atomic E-state index is 0.227. The lowest BCUT2D eigenvalue weighted by atomic mass is 9.94. The first kappa shape index (κ1) is 26.2. The van der Waals surface area contributed by atoms with Crippen molar-refractivity contribution in [3.8, 4) is 5.75 Å². The highest BCUT2D eigenvalue weighted by atomic mass is 16.5. The van der Waals surface area contributed by atoms with E-state index in [-0.39, 0.29) is 5.92 Å². The molecule has 0 radical (unpaired) electrons. The van der Waals surface area contributed by atoms with Crippen LogP contribution in [-0.2, 0) is 27.5 Å². The lowest BCUT2D eigenvalue weighted by Gasteiger charge is -2.35. The summed E-state index contributed by atoms with van der Waals surface area (Å²) in [5.41, 5.74) is 2.45. The first-order valence-corrected chi connectivity index (χ1v) is 12.2. The predicted octanol–water partition coefficient (Wildman–Crippen LogP) is 3.65. The molecule has 0 aromatic heterocycles. The molecule has 4 rings (SSSR count). The molecule has 2 saturated heterocycles. The third-order valence-electron chi connectivity index (χ3n) is 6.34. The van der Waals surface area contributed by atoms with E-state index in [1.54, 1.807) is 0 Å². The summed E-state index contributed by atoms with van der Waals surface area (Å²) in [6.45, 7) is 5.45. The number of piperidine rings is 2. The second-order valence-corrected chi connectivity index (χ2v) is 8.97. The smallest absolute Gasteiger partial charge is 0.414 e. The summed E-state index contributed by atoms with van der Waals surface area (Å²) < 4.78 is 5.97. The third kappa shape index (κ3) is 8.72. The Kier molecular flexibility index (Phi) is 10.1. The van der Waals surface area contributed by atoms with Crippen LogP contribution >= 0.6 is 0 Å². The highest BCUT2D eigenvalue weighted by Gasteiger charge is 2.29. The first-order chi connectivity index (χ1) is 16.9. The Hall–Kier alpha value is -3.39. The minimum Gasteiger partial charge on any atom is -0.489 e. The average Bonchev–Trinajstić information content (AvgIpc) is 2.89. The molecule has 0 bridgehead atoms. The van der Waals surface area contributed by atoms with Gasteiger partial charge in [0.25, 0.3) is 0 Å². The summed E-state index contributed by atoms with van der Waals surface area (Å²) in [6, 6.07) is 18.7. The Morgan fingerprint density at radius 3 is 2.06 bits per heavy atom. The number of carboxylic acids is 2. The number of hydrogen-bond donors (Lipinski definition) is 2. The van der Waals surface area contributed by atoms with Crippen molar-refractivity contribution in [2.75, 3.05) is 26.2 Å². The molecule has 1 amide bonds. The number of likely N-dealkylation sites (tertiary alicyclic amines) is 2. The van der Waals surface area contributed by atoms with Crippen LogP contribution < -0.4 is 4.74 Å². The standard InChI is InChI=1S/C25H32N2O2.C2H2O4/c28-25(27-14-5-2-6-15-27)23-12-16-26(17-13-23)19-22-10-7-11-24(18-22)29-20-21-8-3-1-4-9-21;3-1(4)2(5)6/h1,3-4,7-11,18,23H,2,5-6,12-17,19-20H2;(H,3,4)(H,5,6). The number of nitrogens with zero attached hydrogens (tertiary/aromatic N) is 2. The van der Waals surface area contributed by atoms with E-state index < -0.39 is 11.9 Å². The molecule has 2 aromatic rings. The second-order valence-electron chi connectivity index (χ2n) is 8.97. The number of rotatable bonds is 6. The number of carbonyl (C=O) groups excluding carboxylic acids is 1. The predicted molar refractivity (Wildman–Crippen MR) is 131 cm³/mol. The maximum atomic E-state index is 12.7. The van der Waals surface area contributed by atoms with Gasteiger partial charge in [0, 0.05) is 25.6 Å². The fourth-order valence-corrected chi connectivity index (χ4v) is 4.44. The third-order valence-corrected chi connectivity index (χ3v) is 6.34. The van der Waals surface area contributed by atoms with E-state index in [1.165, 1.54) is 30.4 Å². The zero-order valence-electron chi connectivity index (χ0n) is 20.0. The van der Waals surface area contributed by atoms with Gasteiger partial charge in [-0.3, -0.25) is 9.69 Å². The molecule has 0 spiro atoms. The summed E-state index contributed by atoms with van der Waals surface area (Å²) in [6.07, 6.45) is 5.59. The lowest BCUT2D eigenvalue weighted by molar-refractivity contribution is -0.159. The van der Waals surface area contributed by atoms with Crippen LogP contribution in [0, 0.1) is 5.92 Å². The van der Waals surface area contributed by atoms with Gasteiger partial charge in [0.2, 0.25) is 5.91 Å². The van der Waals surface area contributed by atoms with Crippen LogP contribution in [0.3, 0.4) is 0 Å². The van der Waals surface area contributed by atoms with Gasteiger partial charge in [-0.1, -0.05) is 42.5 Å². The van der Waals surface area contributed by atoms with E-state index >= 15 is 0 Å². The number of hydrogen-bond acceptors (Lipinski definition) is 5. The summed E-state index contributed by atoms with van der Waals surface area (Å²) in [7, 11) is 0. The van der Waals surface area contributed by atoms with Crippen molar-refractivity contribution < 1.29 is 29.3 Å². The molecule has 2 N–H and O–H groups in total. The van der Waals surface area contributed by atoms with Crippen LogP contribution in [0.2, 0.25) is 0 Å². The van der Waals surface area contributed by atoms with Crippen molar-refractivity contribution in [3.05, 3.63) is 65.7 Å². The molecule has 2 aliphatic heterocycles. The van der Waals surface area contributed by atoms with Crippen LogP contribution in [0.25, 0.3) is 0 Å². The number of carboxylic acid groups (broad SMARTS) is 2. The molecular weight excluding hydrogens is 448 g/mol. The topological polar surface area (TPSA) is 107 Å². The molecule has 8 nitrogen and oxygen atoms in total. The van der Waals surface area contributed by atoms with E-state index in [2.05, 4.69) is 40.1 Å². The maximum absolute atomic E-state index is 12.7. The minimum atomic E-state index is -1.82. The van der Waals surface area contributed by atoms with Crippen LogP contribution in [0.15, 0.2) is 54.6 Å². The van der Waals surface area contributed by atoms with Gasteiger partial charge >= 0.3 is 11.9 Å². The Labute approximate surface area is 206 Å². The molecule has 8 heteroatoms. The SMILES string of the molecule is O=C(C1CCN(Cc2cccc(OCc3ccccc3)c2)CC1)N1CCCCC1.O=C(O)C(=O)O. The Bertz CT molecular complexity index is 955. The van der Waals surface area contributed by atoms with Crippen molar-refractivity contribution in [2.24, 2.45) is 5.92 Å². The van der Waals surface area contributed by atoms with Crippen LogP contribution in [-0.4, -0.2) is 64.0 Å². The highest BCUT2D eigenvalue weighted by Crippen LogP contribution is 2.24. The molecule has 0 saturated carbocycles. The molecular formula is C27H34N2O6. The van der Waals surface area contributed by atoms with Crippen molar-refractivity contribution >= 4 is 17.8 Å². The fourth-order valence-electron chi connectivity index (χ4n) is 4.44. The number of aliphatic carboxylic acids is 2. The molecule has 35 heavy (non-hydrogen) atoms.